The molecule has 2 unspecified atom stereocenters. The van der Waals surface area contributed by atoms with Crippen molar-refractivity contribution >= 4 is 17.2 Å². The van der Waals surface area contributed by atoms with Crippen molar-refractivity contribution in [2.45, 2.75) is 25.3 Å². The maximum absolute atomic E-state index is 6.16. The third kappa shape index (κ3) is 2.56. The summed E-state index contributed by atoms with van der Waals surface area (Å²) in [6.07, 6.45) is 3.30. The second-order valence-electron chi connectivity index (χ2n) is 8.31. The van der Waals surface area contributed by atoms with Gasteiger partial charge in [-0.15, -0.1) is 10.2 Å². The van der Waals surface area contributed by atoms with Crippen LogP contribution in [0, 0.1) is 6.92 Å². The van der Waals surface area contributed by atoms with Crippen molar-refractivity contribution in [2.24, 2.45) is 0 Å². The Bertz CT molecular complexity index is 1240. The number of hydrogen-bond acceptors (Lipinski definition) is 3. The molecule has 0 aliphatic carbocycles. The summed E-state index contributed by atoms with van der Waals surface area (Å²) in [7, 11) is 0. The van der Waals surface area contributed by atoms with E-state index in [4.69, 9.17) is 11.6 Å². The van der Waals surface area contributed by atoms with Gasteiger partial charge in [-0.2, -0.15) is 0 Å². The highest BCUT2D eigenvalue weighted by atomic mass is 35.5. The first-order valence-electron chi connectivity index (χ1n) is 10.1. The molecule has 2 atom stereocenters. The summed E-state index contributed by atoms with van der Waals surface area (Å²) in [5.74, 6) is 0.908. The molecule has 4 nitrogen and oxygen atoms in total. The molecular formula is C24H21ClN4. The minimum atomic E-state index is 0.0749. The number of aromatic nitrogens is 3. The highest BCUT2D eigenvalue weighted by molar-refractivity contribution is 6.30. The Hall–Kier alpha value is -2.69. The molecule has 2 aliphatic heterocycles. The van der Waals surface area contributed by atoms with E-state index in [2.05, 4.69) is 62.1 Å². The molecule has 4 heterocycles. The molecule has 29 heavy (non-hydrogen) atoms. The number of aryl methyl sites for hydroxylation is 1. The van der Waals surface area contributed by atoms with Gasteiger partial charge in [-0.05, 0) is 78.0 Å². The molecule has 4 aromatic rings. The average molecular weight is 401 g/mol. The Labute approximate surface area is 174 Å². The van der Waals surface area contributed by atoms with Gasteiger partial charge in [-0.25, -0.2) is 0 Å². The fraction of sp³-hybridized carbons (Fsp3) is 0.250. The van der Waals surface area contributed by atoms with Crippen molar-refractivity contribution in [2.75, 3.05) is 13.1 Å². The lowest BCUT2D eigenvalue weighted by molar-refractivity contribution is 0.295. The smallest absolute Gasteiger partial charge is 0.160 e. The van der Waals surface area contributed by atoms with Crippen LogP contribution in [-0.4, -0.2) is 32.6 Å². The third-order valence-corrected chi connectivity index (χ3v) is 6.92. The minimum Gasteiger partial charge on any atom is -0.298 e. The Morgan fingerprint density at radius 1 is 0.966 bits per heavy atom. The van der Waals surface area contributed by atoms with Gasteiger partial charge in [0.2, 0.25) is 0 Å². The summed E-state index contributed by atoms with van der Waals surface area (Å²) >= 11 is 6.16. The second kappa shape index (κ2) is 6.15. The van der Waals surface area contributed by atoms with E-state index >= 15 is 0 Å². The first-order valence-corrected chi connectivity index (χ1v) is 10.4. The largest absolute Gasteiger partial charge is 0.298 e. The predicted octanol–water partition coefficient (Wildman–Crippen LogP) is 4.86. The van der Waals surface area contributed by atoms with Gasteiger partial charge in [0, 0.05) is 29.7 Å². The van der Waals surface area contributed by atoms with Gasteiger partial charge in [-0.3, -0.25) is 9.30 Å². The first kappa shape index (κ1) is 17.2. The molecule has 0 amide bonds. The lowest BCUT2D eigenvalue weighted by atomic mass is 9.70. The average Bonchev–Trinajstić information content (AvgIpc) is 3.29. The number of fused-ring (bicyclic) bond motifs is 5. The van der Waals surface area contributed by atoms with Crippen LogP contribution in [-0.2, 0) is 12.0 Å². The van der Waals surface area contributed by atoms with Crippen molar-refractivity contribution in [3.05, 3.63) is 88.3 Å². The molecule has 2 aromatic carbocycles. The number of nitrogens with zero attached hydrogens (tertiary/aromatic N) is 4. The van der Waals surface area contributed by atoms with Gasteiger partial charge in [0.25, 0.3) is 0 Å². The molecular weight excluding hydrogens is 380 g/mol. The summed E-state index contributed by atoms with van der Waals surface area (Å²) in [6.45, 7) is 5.23. The van der Waals surface area contributed by atoms with E-state index in [1.54, 1.807) is 0 Å². The fourth-order valence-corrected chi connectivity index (χ4v) is 5.32. The topological polar surface area (TPSA) is 33.4 Å². The summed E-state index contributed by atoms with van der Waals surface area (Å²) in [6, 6.07) is 19.6. The van der Waals surface area contributed by atoms with Crippen molar-refractivity contribution in [3.63, 3.8) is 0 Å². The zero-order valence-corrected chi connectivity index (χ0v) is 17.0. The molecule has 2 aromatic heterocycles. The van der Waals surface area contributed by atoms with Crippen LogP contribution in [0.1, 0.15) is 28.9 Å². The van der Waals surface area contributed by atoms with Crippen LogP contribution >= 0.6 is 11.6 Å². The predicted molar refractivity (Wildman–Crippen MR) is 115 cm³/mol. The fourth-order valence-electron chi connectivity index (χ4n) is 5.19. The van der Waals surface area contributed by atoms with Crippen molar-refractivity contribution < 1.29 is 0 Å². The van der Waals surface area contributed by atoms with E-state index in [9.17, 15) is 0 Å². The molecule has 2 aliphatic rings. The Balaban J connectivity index is 1.47. The number of hydrogen-bond donors (Lipinski definition) is 0. The Morgan fingerprint density at radius 2 is 1.79 bits per heavy atom. The van der Waals surface area contributed by atoms with Crippen molar-refractivity contribution in [1.82, 2.24) is 19.5 Å². The van der Waals surface area contributed by atoms with Crippen LogP contribution in [0.15, 0.2) is 60.8 Å². The van der Waals surface area contributed by atoms with Crippen LogP contribution in [0.3, 0.4) is 0 Å². The van der Waals surface area contributed by atoms with E-state index in [0.29, 0.717) is 0 Å². The molecule has 0 spiro atoms. The summed E-state index contributed by atoms with van der Waals surface area (Å²) in [5, 5.41) is 9.17. The molecule has 0 radical (unpaired) electrons. The monoisotopic (exact) mass is 400 g/mol. The number of rotatable bonds is 2. The van der Waals surface area contributed by atoms with Crippen molar-refractivity contribution in [1.29, 1.82) is 0 Å². The highest BCUT2D eigenvalue weighted by Crippen LogP contribution is 2.47. The van der Waals surface area contributed by atoms with Crippen LogP contribution in [0.5, 0.6) is 0 Å². The molecule has 144 valence electrons. The molecule has 1 fully saturated rings. The molecule has 0 saturated carbocycles. The van der Waals surface area contributed by atoms with E-state index < -0.39 is 0 Å². The summed E-state index contributed by atoms with van der Waals surface area (Å²) < 4.78 is 2.05. The van der Waals surface area contributed by atoms with Gasteiger partial charge in [0.15, 0.2) is 5.65 Å². The van der Waals surface area contributed by atoms with Gasteiger partial charge in [0.1, 0.15) is 5.82 Å². The molecule has 0 N–H and O–H groups in total. The molecule has 2 bridgehead atoms. The van der Waals surface area contributed by atoms with E-state index in [-0.39, 0.29) is 5.41 Å². The SMILES string of the molecule is Cc1nnc2ccc(-c3ccc4c(c3)CN3CCC4(c4ccc(Cl)cc4)C3)cn12. The lowest BCUT2D eigenvalue weighted by Crippen LogP contribution is -2.37. The van der Waals surface area contributed by atoms with Gasteiger partial charge >= 0.3 is 0 Å². The first-order chi connectivity index (χ1) is 14.1. The van der Waals surface area contributed by atoms with E-state index in [0.717, 1.165) is 42.5 Å². The zero-order chi connectivity index (χ0) is 19.6. The van der Waals surface area contributed by atoms with Crippen molar-refractivity contribution in [3.8, 4) is 11.1 Å². The molecule has 1 saturated heterocycles. The summed E-state index contributed by atoms with van der Waals surface area (Å²) in [4.78, 5) is 2.58. The third-order valence-electron chi connectivity index (χ3n) is 6.67. The van der Waals surface area contributed by atoms with Gasteiger partial charge in [0.05, 0.1) is 0 Å². The maximum atomic E-state index is 6.16. The van der Waals surface area contributed by atoms with Gasteiger partial charge in [-0.1, -0.05) is 35.9 Å². The lowest BCUT2D eigenvalue weighted by Gasteiger charge is -2.37. The maximum Gasteiger partial charge on any atom is 0.160 e. The van der Waals surface area contributed by atoms with Crippen LogP contribution in [0.4, 0.5) is 0 Å². The van der Waals surface area contributed by atoms with E-state index in [1.807, 2.05) is 25.1 Å². The summed E-state index contributed by atoms with van der Waals surface area (Å²) in [5.41, 5.74) is 7.67. The van der Waals surface area contributed by atoms with E-state index in [1.165, 1.54) is 27.8 Å². The van der Waals surface area contributed by atoms with Crippen LogP contribution < -0.4 is 0 Å². The van der Waals surface area contributed by atoms with Gasteiger partial charge < -0.3 is 0 Å². The Kier molecular flexibility index (Phi) is 3.65. The molecule has 5 heteroatoms. The van der Waals surface area contributed by atoms with Crippen LogP contribution in [0.25, 0.3) is 16.8 Å². The highest BCUT2D eigenvalue weighted by Gasteiger charge is 2.45. The Morgan fingerprint density at radius 3 is 2.66 bits per heavy atom. The zero-order valence-electron chi connectivity index (χ0n) is 16.3. The quantitative estimate of drug-likeness (QED) is 0.481. The number of pyridine rings is 1. The normalized spacial score (nSPS) is 22.8. The van der Waals surface area contributed by atoms with Crippen LogP contribution in [0.2, 0.25) is 5.02 Å². The standard InChI is InChI=1S/C24H21ClN4/c1-16-26-27-23-9-3-18(14-29(16)23)17-2-8-22-19(12-17)13-28-11-10-24(22,15-28)20-4-6-21(25)7-5-20/h2-9,12,14H,10-11,13,15H2,1H3. The number of benzene rings is 2. The number of halogens is 1. The minimum absolute atomic E-state index is 0.0749. The second-order valence-corrected chi connectivity index (χ2v) is 8.75. The molecule has 6 rings (SSSR count).